The van der Waals surface area contributed by atoms with E-state index in [4.69, 9.17) is 14.8 Å². The van der Waals surface area contributed by atoms with Crippen molar-refractivity contribution in [2.45, 2.75) is 61.3 Å². The first kappa shape index (κ1) is 30.5. The van der Waals surface area contributed by atoms with Gasteiger partial charge in [-0.05, 0) is 110 Å². The van der Waals surface area contributed by atoms with Crippen molar-refractivity contribution in [3.63, 3.8) is 0 Å². The summed E-state index contributed by atoms with van der Waals surface area (Å²) in [6.45, 7) is 17.6. The van der Waals surface area contributed by atoms with Crippen LogP contribution < -0.4 is 4.74 Å². The number of rotatable bonds is 6. The molecule has 0 amide bonds. The molecule has 1 atom stereocenters. The zero-order valence-electron chi connectivity index (χ0n) is 28.6. The molecule has 0 bridgehead atoms. The highest BCUT2D eigenvalue weighted by Gasteiger charge is 2.23. The molecule has 5 nitrogen and oxygen atoms in total. The highest BCUT2D eigenvalue weighted by molar-refractivity contribution is 6.09. The van der Waals surface area contributed by atoms with Gasteiger partial charge in [-0.15, -0.1) is 0 Å². The Kier molecular flexibility index (Phi) is 7.51. The normalized spacial score (nSPS) is 12.6. The van der Waals surface area contributed by atoms with E-state index >= 15 is 0 Å². The molecule has 4 aromatic carbocycles. The lowest BCUT2D eigenvalue weighted by atomic mass is 9.77. The van der Waals surface area contributed by atoms with Crippen LogP contribution in [0.4, 0.5) is 0 Å². The van der Waals surface area contributed by atoms with Crippen LogP contribution in [0.5, 0.6) is 11.5 Å². The first-order chi connectivity index (χ1) is 22.5. The molecule has 7 rings (SSSR count). The summed E-state index contributed by atoms with van der Waals surface area (Å²) in [7, 11) is 0. The van der Waals surface area contributed by atoms with Crippen LogP contribution in [0.15, 0.2) is 103 Å². The van der Waals surface area contributed by atoms with Gasteiger partial charge in [-0.1, -0.05) is 64.1 Å². The van der Waals surface area contributed by atoms with E-state index in [1.807, 2.05) is 23.0 Å². The third-order valence-corrected chi connectivity index (χ3v) is 9.56. The Morgan fingerprint density at radius 3 is 2.23 bits per heavy atom. The summed E-state index contributed by atoms with van der Waals surface area (Å²) in [5, 5.41) is 7.35. The third-order valence-electron chi connectivity index (χ3n) is 9.56. The van der Waals surface area contributed by atoms with E-state index in [2.05, 4.69) is 145 Å². The van der Waals surface area contributed by atoms with Crippen LogP contribution in [0, 0.1) is 33.1 Å². The van der Waals surface area contributed by atoms with E-state index < -0.39 is 0 Å². The van der Waals surface area contributed by atoms with E-state index in [9.17, 15) is 0 Å². The molecule has 0 fully saturated rings. The molecule has 236 valence electrons. The number of aromatic nitrogens is 4. The largest absolute Gasteiger partial charge is 0.457 e. The standard InChI is InChI=1S/C42H42N4O/c1-26-18-19-43-40(22-26)45-38-17-14-32(28(3)42(6,7)8)23-37(38)36-16-15-34(25-39(36)45)47-35-21-27(2)20-33(24-35)46-30(5)41(29(4)44-46)31-12-10-9-11-13-31/h9-25,28H,1-8H3. The van der Waals surface area contributed by atoms with Gasteiger partial charge >= 0.3 is 0 Å². The molecule has 0 radical (unpaired) electrons. The zero-order valence-corrected chi connectivity index (χ0v) is 28.6. The Bertz CT molecular complexity index is 2270. The molecule has 0 aliphatic heterocycles. The molecule has 3 aromatic heterocycles. The predicted molar refractivity (Wildman–Crippen MR) is 194 cm³/mol. The van der Waals surface area contributed by atoms with Gasteiger partial charge in [0.1, 0.15) is 17.3 Å². The molecule has 1 unspecified atom stereocenters. The second kappa shape index (κ2) is 11.6. The van der Waals surface area contributed by atoms with Gasteiger partial charge in [-0.2, -0.15) is 5.10 Å². The molecule has 5 heteroatoms. The van der Waals surface area contributed by atoms with Gasteiger partial charge < -0.3 is 4.74 Å². The number of nitrogens with zero attached hydrogens (tertiary/aromatic N) is 4. The Morgan fingerprint density at radius 2 is 1.49 bits per heavy atom. The summed E-state index contributed by atoms with van der Waals surface area (Å²) < 4.78 is 10.9. The molecular weight excluding hydrogens is 576 g/mol. The average Bonchev–Trinajstić information content (AvgIpc) is 3.52. The molecule has 0 aliphatic carbocycles. The van der Waals surface area contributed by atoms with Crippen LogP contribution in [0.3, 0.4) is 0 Å². The highest BCUT2D eigenvalue weighted by atomic mass is 16.5. The molecular formula is C42H42N4O. The number of benzene rings is 4. The summed E-state index contributed by atoms with van der Waals surface area (Å²) in [5.41, 5.74) is 11.4. The van der Waals surface area contributed by atoms with E-state index in [1.165, 1.54) is 27.5 Å². The molecule has 0 spiro atoms. The lowest BCUT2D eigenvalue weighted by Crippen LogP contribution is -2.15. The summed E-state index contributed by atoms with van der Waals surface area (Å²) in [4.78, 5) is 4.80. The van der Waals surface area contributed by atoms with Crippen LogP contribution in [-0.2, 0) is 0 Å². The lowest BCUT2D eigenvalue weighted by molar-refractivity contribution is 0.340. The van der Waals surface area contributed by atoms with E-state index in [-0.39, 0.29) is 5.41 Å². The number of pyridine rings is 1. The summed E-state index contributed by atoms with van der Waals surface area (Å²) in [5.74, 6) is 2.85. The first-order valence-corrected chi connectivity index (χ1v) is 16.4. The minimum Gasteiger partial charge on any atom is -0.457 e. The quantitative estimate of drug-likeness (QED) is 0.186. The molecule has 47 heavy (non-hydrogen) atoms. The Balaban J connectivity index is 1.33. The van der Waals surface area contributed by atoms with Crippen molar-refractivity contribution in [1.29, 1.82) is 0 Å². The topological polar surface area (TPSA) is 44.9 Å². The Labute approximate surface area is 277 Å². The Hall–Kier alpha value is -5.16. The maximum atomic E-state index is 6.63. The SMILES string of the molecule is Cc1cc(Oc2ccc3c4cc(C(C)C(C)(C)C)ccc4n(-c4cc(C)ccn4)c3c2)cc(-n2nc(C)c(-c3ccccc3)c2C)c1. The molecule has 0 N–H and O–H groups in total. The van der Waals surface area contributed by atoms with Gasteiger partial charge in [0.15, 0.2) is 0 Å². The number of aryl methyl sites for hydroxylation is 3. The molecule has 0 aliphatic rings. The average molecular weight is 619 g/mol. The van der Waals surface area contributed by atoms with Gasteiger partial charge in [0.05, 0.1) is 22.4 Å². The number of hydrogen-bond acceptors (Lipinski definition) is 3. The summed E-state index contributed by atoms with van der Waals surface area (Å²) in [6, 6.07) is 34.3. The fourth-order valence-corrected chi connectivity index (χ4v) is 6.70. The van der Waals surface area contributed by atoms with E-state index in [1.54, 1.807) is 0 Å². The van der Waals surface area contributed by atoms with Gasteiger partial charge in [0.2, 0.25) is 0 Å². The summed E-state index contributed by atoms with van der Waals surface area (Å²) in [6.07, 6.45) is 1.88. The third kappa shape index (κ3) is 5.61. The molecule has 3 heterocycles. The van der Waals surface area contributed by atoms with Crippen molar-refractivity contribution in [2.75, 3.05) is 0 Å². The van der Waals surface area contributed by atoms with Crippen molar-refractivity contribution in [1.82, 2.24) is 19.3 Å². The van der Waals surface area contributed by atoms with Crippen LogP contribution in [0.25, 0.3) is 44.4 Å². The smallest absolute Gasteiger partial charge is 0.137 e. The number of hydrogen-bond donors (Lipinski definition) is 0. The van der Waals surface area contributed by atoms with Crippen LogP contribution in [-0.4, -0.2) is 19.3 Å². The van der Waals surface area contributed by atoms with Crippen molar-refractivity contribution in [2.24, 2.45) is 5.41 Å². The molecule has 0 saturated heterocycles. The predicted octanol–water partition coefficient (Wildman–Crippen LogP) is 11.2. The van der Waals surface area contributed by atoms with Crippen LogP contribution in [0.2, 0.25) is 0 Å². The van der Waals surface area contributed by atoms with E-state index in [0.717, 1.165) is 56.6 Å². The van der Waals surface area contributed by atoms with Gasteiger partial charge in [0.25, 0.3) is 0 Å². The van der Waals surface area contributed by atoms with Gasteiger partial charge in [-0.3, -0.25) is 4.57 Å². The maximum Gasteiger partial charge on any atom is 0.137 e. The van der Waals surface area contributed by atoms with Crippen molar-refractivity contribution in [3.05, 3.63) is 131 Å². The first-order valence-electron chi connectivity index (χ1n) is 16.4. The monoisotopic (exact) mass is 618 g/mol. The van der Waals surface area contributed by atoms with Gasteiger partial charge in [0, 0.05) is 40.4 Å². The van der Waals surface area contributed by atoms with Crippen molar-refractivity contribution < 1.29 is 4.74 Å². The van der Waals surface area contributed by atoms with Crippen LogP contribution >= 0.6 is 0 Å². The van der Waals surface area contributed by atoms with Gasteiger partial charge in [-0.25, -0.2) is 9.67 Å². The van der Waals surface area contributed by atoms with Crippen LogP contribution in [0.1, 0.15) is 61.7 Å². The van der Waals surface area contributed by atoms with E-state index in [0.29, 0.717) is 5.92 Å². The minimum absolute atomic E-state index is 0.161. The number of ether oxygens (including phenoxy) is 1. The fourth-order valence-electron chi connectivity index (χ4n) is 6.70. The number of fused-ring (bicyclic) bond motifs is 3. The molecule has 0 saturated carbocycles. The lowest BCUT2D eigenvalue weighted by Gasteiger charge is -2.27. The second-order valence-electron chi connectivity index (χ2n) is 14.0. The zero-order chi connectivity index (χ0) is 33.0. The van der Waals surface area contributed by atoms with Crippen molar-refractivity contribution >= 4 is 21.8 Å². The Morgan fingerprint density at radius 1 is 0.702 bits per heavy atom. The summed E-state index contributed by atoms with van der Waals surface area (Å²) >= 11 is 0. The fraction of sp³-hybridized carbons (Fsp3) is 0.238. The minimum atomic E-state index is 0.161. The van der Waals surface area contributed by atoms with Crippen molar-refractivity contribution in [3.8, 4) is 34.1 Å². The highest BCUT2D eigenvalue weighted by Crippen LogP contribution is 2.40. The molecule has 7 aromatic rings. The second-order valence-corrected chi connectivity index (χ2v) is 14.0. The maximum absolute atomic E-state index is 6.63.